The summed E-state index contributed by atoms with van der Waals surface area (Å²) in [5.41, 5.74) is 1.47. The van der Waals surface area contributed by atoms with Gasteiger partial charge in [-0.1, -0.05) is 0 Å². The average molecular weight is 392 g/mol. The van der Waals surface area contributed by atoms with Crippen LogP contribution in [0.2, 0.25) is 0 Å². The molecule has 1 fully saturated rings. The summed E-state index contributed by atoms with van der Waals surface area (Å²) >= 11 is 0. The van der Waals surface area contributed by atoms with E-state index in [1.54, 1.807) is 18.5 Å². The number of fused-ring (bicyclic) bond motifs is 1. The van der Waals surface area contributed by atoms with Gasteiger partial charge in [0, 0.05) is 47.5 Å². The molecule has 0 amide bonds. The van der Waals surface area contributed by atoms with Gasteiger partial charge in [-0.15, -0.1) is 10.2 Å². The first-order valence-electron chi connectivity index (χ1n) is 10.1. The Hall–Kier alpha value is -2.73. The highest BCUT2D eigenvalue weighted by Crippen LogP contribution is 2.34. The summed E-state index contributed by atoms with van der Waals surface area (Å²) in [6.07, 6.45) is 5.56. The van der Waals surface area contributed by atoms with E-state index in [0.29, 0.717) is 17.3 Å². The molecule has 4 rings (SSSR count). The fourth-order valence-electron chi connectivity index (χ4n) is 4.72. The van der Waals surface area contributed by atoms with E-state index in [0.717, 1.165) is 29.4 Å². The van der Waals surface area contributed by atoms with E-state index in [-0.39, 0.29) is 16.8 Å². The van der Waals surface area contributed by atoms with Crippen molar-refractivity contribution in [3.63, 3.8) is 0 Å². The largest absolute Gasteiger partial charge is 0.507 e. The van der Waals surface area contributed by atoms with Crippen molar-refractivity contribution in [2.75, 3.05) is 11.9 Å². The molecule has 1 aliphatic heterocycles. The first kappa shape index (κ1) is 19.6. The third-order valence-corrected chi connectivity index (χ3v) is 5.76. The van der Waals surface area contributed by atoms with Crippen LogP contribution in [0, 0.1) is 0 Å². The Labute approximate surface area is 172 Å². The molecule has 0 radical (unpaired) electrons. The Kier molecular flexibility index (Phi) is 4.69. The first-order valence-corrected chi connectivity index (χ1v) is 10.1. The number of nitrogens with one attached hydrogen (secondary N) is 1. The molecule has 6 heteroatoms. The van der Waals surface area contributed by atoms with Gasteiger partial charge in [0.1, 0.15) is 5.75 Å². The van der Waals surface area contributed by atoms with Gasteiger partial charge in [-0.3, -0.25) is 4.98 Å². The van der Waals surface area contributed by atoms with Gasteiger partial charge < -0.3 is 15.3 Å². The quantitative estimate of drug-likeness (QED) is 0.699. The summed E-state index contributed by atoms with van der Waals surface area (Å²) in [6, 6.07) is 9.87. The first-order chi connectivity index (χ1) is 13.6. The minimum Gasteiger partial charge on any atom is -0.507 e. The van der Waals surface area contributed by atoms with Gasteiger partial charge in [-0.2, -0.15) is 0 Å². The average Bonchev–Trinajstić information content (AvgIpc) is 2.64. The highest BCUT2D eigenvalue weighted by atomic mass is 16.3. The molecular weight excluding hydrogens is 362 g/mol. The van der Waals surface area contributed by atoms with Crippen molar-refractivity contribution in [3.05, 3.63) is 42.7 Å². The predicted molar refractivity (Wildman–Crippen MR) is 117 cm³/mol. The molecule has 0 saturated carbocycles. The van der Waals surface area contributed by atoms with Crippen LogP contribution in [0.5, 0.6) is 5.75 Å². The van der Waals surface area contributed by atoms with E-state index >= 15 is 0 Å². The van der Waals surface area contributed by atoms with Gasteiger partial charge in [0.05, 0.1) is 5.69 Å². The van der Waals surface area contributed by atoms with E-state index in [9.17, 15) is 5.11 Å². The van der Waals surface area contributed by atoms with Crippen molar-refractivity contribution in [1.29, 1.82) is 0 Å². The molecule has 0 spiro atoms. The molecule has 0 aliphatic carbocycles. The van der Waals surface area contributed by atoms with Crippen LogP contribution in [0.4, 0.5) is 5.82 Å². The standard InChI is InChI=1S/C23H29N5O/c1-22(2)12-17(13-23(3,4)27-22)28(5)21-7-6-19(25-26-21)18-10-15-8-9-24-14-16(15)11-20(18)29/h6-11,14,17,27,29H,12-13H2,1-5H3. The van der Waals surface area contributed by atoms with Gasteiger partial charge in [0.25, 0.3) is 0 Å². The number of benzene rings is 1. The van der Waals surface area contributed by atoms with E-state index in [1.807, 2.05) is 24.3 Å². The fourth-order valence-corrected chi connectivity index (χ4v) is 4.72. The van der Waals surface area contributed by atoms with Crippen LogP contribution in [-0.4, -0.2) is 44.5 Å². The number of aromatic hydroxyl groups is 1. The molecule has 3 heterocycles. The maximum absolute atomic E-state index is 10.4. The lowest BCUT2D eigenvalue weighted by atomic mass is 9.79. The number of phenols is 1. The number of anilines is 1. The Balaban J connectivity index is 1.60. The number of piperidine rings is 1. The summed E-state index contributed by atoms with van der Waals surface area (Å²) in [5.74, 6) is 1.03. The summed E-state index contributed by atoms with van der Waals surface area (Å²) in [7, 11) is 2.09. The fraction of sp³-hybridized carbons (Fsp3) is 0.435. The van der Waals surface area contributed by atoms with Crippen LogP contribution < -0.4 is 10.2 Å². The van der Waals surface area contributed by atoms with Crippen LogP contribution in [0.25, 0.3) is 22.0 Å². The van der Waals surface area contributed by atoms with Crippen LogP contribution in [0.3, 0.4) is 0 Å². The minimum absolute atomic E-state index is 0.0692. The minimum atomic E-state index is 0.0692. The molecule has 1 aromatic carbocycles. The SMILES string of the molecule is CN(c1ccc(-c2cc3ccncc3cc2O)nn1)C1CC(C)(C)NC(C)(C)C1. The molecule has 2 aromatic heterocycles. The third kappa shape index (κ3) is 4.03. The van der Waals surface area contributed by atoms with Crippen molar-refractivity contribution in [2.45, 2.75) is 57.7 Å². The zero-order valence-electron chi connectivity index (χ0n) is 17.8. The molecule has 1 saturated heterocycles. The van der Waals surface area contributed by atoms with Crippen LogP contribution in [0.15, 0.2) is 42.7 Å². The van der Waals surface area contributed by atoms with Crippen molar-refractivity contribution >= 4 is 16.6 Å². The molecule has 6 nitrogen and oxygen atoms in total. The van der Waals surface area contributed by atoms with Gasteiger partial charge in [-0.25, -0.2) is 0 Å². The molecule has 0 atom stereocenters. The zero-order valence-corrected chi connectivity index (χ0v) is 17.8. The smallest absolute Gasteiger partial charge is 0.151 e. The lowest BCUT2D eigenvalue weighted by molar-refractivity contribution is 0.160. The van der Waals surface area contributed by atoms with E-state index in [2.05, 4.69) is 60.1 Å². The number of pyridine rings is 1. The lowest BCUT2D eigenvalue weighted by Gasteiger charge is -2.49. The highest BCUT2D eigenvalue weighted by molar-refractivity contribution is 5.89. The molecule has 0 unspecified atom stereocenters. The number of hydrogen-bond donors (Lipinski definition) is 2. The second-order valence-corrected chi connectivity index (χ2v) is 9.43. The van der Waals surface area contributed by atoms with Crippen molar-refractivity contribution in [2.24, 2.45) is 0 Å². The maximum atomic E-state index is 10.4. The second kappa shape index (κ2) is 6.95. The van der Waals surface area contributed by atoms with Gasteiger partial charge in [-0.05, 0) is 76.3 Å². The molecular formula is C23H29N5O. The van der Waals surface area contributed by atoms with E-state index in [1.165, 1.54) is 0 Å². The number of phenolic OH excluding ortho intramolecular Hbond substituents is 1. The predicted octanol–water partition coefficient (Wildman–Crippen LogP) is 4.14. The topological polar surface area (TPSA) is 74.2 Å². The van der Waals surface area contributed by atoms with Crippen molar-refractivity contribution in [3.8, 4) is 17.0 Å². The van der Waals surface area contributed by atoms with Crippen molar-refractivity contribution < 1.29 is 5.11 Å². The number of hydrogen-bond acceptors (Lipinski definition) is 6. The van der Waals surface area contributed by atoms with Gasteiger partial charge in [0.2, 0.25) is 0 Å². The molecule has 3 aromatic rings. The second-order valence-electron chi connectivity index (χ2n) is 9.43. The summed E-state index contributed by atoms with van der Waals surface area (Å²) in [5, 5.41) is 25.0. The summed E-state index contributed by atoms with van der Waals surface area (Å²) in [6.45, 7) is 9.01. The Bertz CT molecular complexity index is 1010. The Morgan fingerprint density at radius 2 is 1.72 bits per heavy atom. The lowest BCUT2D eigenvalue weighted by Crippen LogP contribution is -2.62. The van der Waals surface area contributed by atoms with E-state index in [4.69, 9.17) is 0 Å². The molecule has 0 bridgehead atoms. The number of aromatic nitrogens is 3. The van der Waals surface area contributed by atoms with Crippen LogP contribution in [0.1, 0.15) is 40.5 Å². The zero-order chi connectivity index (χ0) is 20.8. The summed E-state index contributed by atoms with van der Waals surface area (Å²) < 4.78 is 0. The number of rotatable bonds is 3. The summed E-state index contributed by atoms with van der Waals surface area (Å²) in [4.78, 5) is 6.33. The number of nitrogens with zero attached hydrogens (tertiary/aromatic N) is 4. The van der Waals surface area contributed by atoms with Crippen LogP contribution >= 0.6 is 0 Å². The Morgan fingerprint density at radius 1 is 1.00 bits per heavy atom. The van der Waals surface area contributed by atoms with Gasteiger partial charge >= 0.3 is 0 Å². The molecule has 2 N–H and O–H groups in total. The van der Waals surface area contributed by atoms with Gasteiger partial charge in [0.15, 0.2) is 5.82 Å². The molecule has 29 heavy (non-hydrogen) atoms. The maximum Gasteiger partial charge on any atom is 0.151 e. The monoisotopic (exact) mass is 391 g/mol. The van der Waals surface area contributed by atoms with E-state index < -0.39 is 0 Å². The molecule has 152 valence electrons. The molecule has 1 aliphatic rings. The normalized spacial score (nSPS) is 18.7. The van der Waals surface area contributed by atoms with Crippen molar-refractivity contribution in [1.82, 2.24) is 20.5 Å². The third-order valence-electron chi connectivity index (χ3n) is 5.76. The van der Waals surface area contributed by atoms with Crippen LogP contribution in [-0.2, 0) is 0 Å². The Morgan fingerprint density at radius 3 is 2.38 bits per heavy atom. The highest BCUT2D eigenvalue weighted by Gasteiger charge is 2.39.